The summed E-state index contributed by atoms with van der Waals surface area (Å²) in [6.45, 7) is 2.91. The number of aryl methyl sites for hydroxylation is 1. The molecule has 1 fully saturated rings. The molecule has 1 aliphatic carbocycles. The molecule has 1 unspecified atom stereocenters. The Morgan fingerprint density at radius 2 is 1.81 bits per heavy atom. The predicted molar refractivity (Wildman–Crippen MR) is 121 cm³/mol. The lowest BCUT2D eigenvalue weighted by atomic mass is 9.98. The molecule has 0 bridgehead atoms. The van der Waals surface area contributed by atoms with E-state index in [2.05, 4.69) is 0 Å². The predicted octanol–water partition coefficient (Wildman–Crippen LogP) is 4.54. The van der Waals surface area contributed by atoms with Gasteiger partial charge in [0.2, 0.25) is 5.91 Å². The first-order chi connectivity index (χ1) is 15.0. The lowest BCUT2D eigenvalue weighted by Gasteiger charge is -2.35. The molecule has 0 N–H and O–H groups in total. The van der Waals surface area contributed by atoms with Crippen molar-refractivity contribution >= 4 is 23.3 Å². The summed E-state index contributed by atoms with van der Waals surface area (Å²) in [5, 5.41) is 19.5. The summed E-state index contributed by atoms with van der Waals surface area (Å²) in [4.78, 5) is 15.0. The smallest absolute Gasteiger partial charge is 0.241 e. The molecule has 0 radical (unpaired) electrons. The van der Waals surface area contributed by atoms with Gasteiger partial charge in [-0.05, 0) is 48.9 Å². The molecule has 2 aromatic carbocycles. The molecular formula is C24H24ClN4O2-. The molecule has 0 saturated heterocycles. The summed E-state index contributed by atoms with van der Waals surface area (Å²) in [7, 11) is 0. The number of halogens is 1. The van der Waals surface area contributed by atoms with E-state index in [1.807, 2.05) is 54.1 Å². The minimum Gasteiger partial charge on any atom is -0.784 e. The van der Waals surface area contributed by atoms with Crippen molar-refractivity contribution in [1.82, 2.24) is 14.8 Å². The van der Waals surface area contributed by atoms with Crippen LogP contribution in [0.15, 0.2) is 54.6 Å². The molecule has 1 aromatic heterocycles. The van der Waals surface area contributed by atoms with Gasteiger partial charge in [-0.25, -0.2) is 4.68 Å². The van der Waals surface area contributed by atoms with Crippen LogP contribution in [0.25, 0.3) is 0 Å². The standard InChI is InChI=1S/C24H24ClN4O2/c1-16-22-23(19-9-11-20(25)12-10-19)29(31)15-21(30)27(13-18-7-8-18)24(22)28(26-16)14-17-5-3-2-4-6-17/h2-6,9-12,18,23H,7-8,13-15H2,1H3/q-1. The highest BCUT2D eigenvalue weighted by Crippen LogP contribution is 2.42. The van der Waals surface area contributed by atoms with Crippen molar-refractivity contribution < 1.29 is 4.79 Å². The SMILES string of the molecule is Cc1nn(Cc2ccccc2)c2c1C(c1ccc(Cl)cc1)N([O-])CC(=O)N2CC1CC1. The van der Waals surface area contributed by atoms with Crippen molar-refractivity contribution in [3.63, 3.8) is 0 Å². The van der Waals surface area contributed by atoms with Crippen molar-refractivity contribution in [3.8, 4) is 0 Å². The highest BCUT2D eigenvalue weighted by Gasteiger charge is 2.38. The number of rotatable bonds is 5. The number of hydrogen-bond donors (Lipinski definition) is 0. The topological polar surface area (TPSA) is 64.4 Å². The van der Waals surface area contributed by atoms with Crippen LogP contribution in [0.5, 0.6) is 0 Å². The average Bonchev–Trinajstić information content (AvgIpc) is 3.53. The van der Waals surface area contributed by atoms with Crippen LogP contribution in [0.2, 0.25) is 5.02 Å². The summed E-state index contributed by atoms with van der Waals surface area (Å²) in [6, 6.07) is 16.7. The van der Waals surface area contributed by atoms with Gasteiger partial charge in [-0.2, -0.15) is 5.10 Å². The number of anilines is 1. The van der Waals surface area contributed by atoms with Crippen LogP contribution >= 0.6 is 11.6 Å². The number of hydrogen-bond acceptors (Lipinski definition) is 4. The zero-order valence-corrected chi connectivity index (χ0v) is 18.1. The Hall–Kier alpha value is -2.67. The van der Waals surface area contributed by atoms with Gasteiger partial charge in [-0.3, -0.25) is 9.69 Å². The second-order valence-corrected chi connectivity index (χ2v) is 8.88. The van der Waals surface area contributed by atoms with Gasteiger partial charge in [0.05, 0.1) is 24.8 Å². The van der Waals surface area contributed by atoms with E-state index in [1.165, 1.54) is 0 Å². The second-order valence-electron chi connectivity index (χ2n) is 8.44. The number of fused-ring (bicyclic) bond motifs is 1. The Morgan fingerprint density at radius 1 is 1.10 bits per heavy atom. The number of carbonyl (C=O) groups is 1. The molecule has 1 saturated carbocycles. The van der Waals surface area contributed by atoms with E-state index in [0.29, 0.717) is 24.0 Å². The van der Waals surface area contributed by atoms with E-state index in [-0.39, 0.29) is 12.5 Å². The summed E-state index contributed by atoms with van der Waals surface area (Å²) < 4.78 is 1.89. The molecule has 2 heterocycles. The van der Waals surface area contributed by atoms with Gasteiger partial charge < -0.3 is 10.3 Å². The van der Waals surface area contributed by atoms with Crippen LogP contribution < -0.4 is 4.90 Å². The van der Waals surface area contributed by atoms with E-state index >= 15 is 0 Å². The fraction of sp³-hybridized carbons (Fsp3) is 0.333. The fourth-order valence-electron chi connectivity index (χ4n) is 4.35. The van der Waals surface area contributed by atoms with E-state index in [0.717, 1.165) is 46.1 Å². The van der Waals surface area contributed by atoms with Gasteiger partial charge in [0.25, 0.3) is 0 Å². The van der Waals surface area contributed by atoms with Gasteiger partial charge in [0, 0.05) is 17.1 Å². The number of benzene rings is 2. The average molecular weight is 436 g/mol. The van der Waals surface area contributed by atoms with Gasteiger partial charge in [-0.15, -0.1) is 0 Å². The highest BCUT2D eigenvalue weighted by molar-refractivity contribution is 6.30. The first-order valence-corrected chi connectivity index (χ1v) is 11.0. The zero-order valence-electron chi connectivity index (χ0n) is 17.4. The van der Waals surface area contributed by atoms with Crippen molar-refractivity contribution in [3.05, 3.63) is 87.2 Å². The Balaban J connectivity index is 1.66. The normalized spacial score (nSPS) is 19.4. The number of amides is 1. The monoisotopic (exact) mass is 435 g/mol. The van der Waals surface area contributed by atoms with Crippen LogP contribution in [0.1, 0.15) is 41.3 Å². The van der Waals surface area contributed by atoms with E-state index in [4.69, 9.17) is 16.7 Å². The van der Waals surface area contributed by atoms with Crippen molar-refractivity contribution in [2.24, 2.45) is 5.92 Å². The van der Waals surface area contributed by atoms with Crippen LogP contribution in [0, 0.1) is 18.0 Å². The van der Waals surface area contributed by atoms with Crippen LogP contribution in [-0.4, -0.2) is 33.8 Å². The lowest BCUT2D eigenvalue weighted by Crippen LogP contribution is -2.39. The summed E-state index contributed by atoms with van der Waals surface area (Å²) in [5.41, 5.74) is 3.48. The number of aromatic nitrogens is 2. The highest BCUT2D eigenvalue weighted by atomic mass is 35.5. The quantitative estimate of drug-likeness (QED) is 0.590. The molecule has 2 aliphatic rings. The lowest BCUT2D eigenvalue weighted by molar-refractivity contribution is -0.119. The third-order valence-corrected chi connectivity index (χ3v) is 6.31. The van der Waals surface area contributed by atoms with E-state index in [9.17, 15) is 10.0 Å². The largest absolute Gasteiger partial charge is 0.784 e. The van der Waals surface area contributed by atoms with Crippen molar-refractivity contribution in [2.75, 3.05) is 18.0 Å². The molecule has 0 spiro atoms. The van der Waals surface area contributed by atoms with Crippen LogP contribution in [0.4, 0.5) is 5.82 Å². The first kappa shape index (κ1) is 20.2. The van der Waals surface area contributed by atoms with Crippen LogP contribution in [-0.2, 0) is 11.3 Å². The summed E-state index contributed by atoms with van der Waals surface area (Å²) in [6.07, 6.45) is 2.24. The first-order valence-electron chi connectivity index (χ1n) is 10.6. The van der Waals surface area contributed by atoms with Crippen molar-refractivity contribution in [1.29, 1.82) is 0 Å². The molecule has 7 heteroatoms. The van der Waals surface area contributed by atoms with Gasteiger partial charge >= 0.3 is 0 Å². The number of carbonyl (C=O) groups excluding carboxylic acids is 1. The Bertz CT molecular complexity index is 1090. The third kappa shape index (κ3) is 3.99. The van der Waals surface area contributed by atoms with E-state index < -0.39 is 6.04 Å². The Labute approximate surface area is 186 Å². The molecule has 31 heavy (non-hydrogen) atoms. The molecule has 1 atom stereocenters. The zero-order chi connectivity index (χ0) is 21.5. The van der Waals surface area contributed by atoms with Gasteiger partial charge in [-0.1, -0.05) is 54.1 Å². The maximum Gasteiger partial charge on any atom is 0.241 e. The molecule has 6 nitrogen and oxygen atoms in total. The third-order valence-electron chi connectivity index (χ3n) is 6.05. The van der Waals surface area contributed by atoms with Crippen molar-refractivity contribution in [2.45, 2.75) is 32.4 Å². The van der Waals surface area contributed by atoms with Gasteiger partial charge in [0.15, 0.2) is 0 Å². The molecule has 3 aromatic rings. The van der Waals surface area contributed by atoms with Gasteiger partial charge in [0.1, 0.15) is 5.82 Å². The number of nitrogens with zero attached hydrogens (tertiary/aromatic N) is 4. The Kier molecular flexibility index (Phi) is 5.30. The Morgan fingerprint density at radius 3 is 2.48 bits per heavy atom. The summed E-state index contributed by atoms with van der Waals surface area (Å²) >= 11 is 6.09. The minimum atomic E-state index is -0.607. The minimum absolute atomic E-state index is 0.172. The molecule has 160 valence electrons. The van der Waals surface area contributed by atoms with E-state index in [1.54, 1.807) is 17.0 Å². The maximum absolute atomic E-state index is 13.2. The molecule has 1 amide bonds. The maximum atomic E-state index is 13.2. The van der Waals surface area contributed by atoms with Crippen LogP contribution in [0.3, 0.4) is 0 Å². The number of hydroxylamine groups is 2. The fourth-order valence-corrected chi connectivity index (χ4v) is 4.48. The molecule has 1 aliphatic heterocycles. The summed E-state index contributed by atoms with van der Waals surface area (Å²) in [5.74, 6) is 1.06. The molecular weight excluding hydrogens is 412 g/mol. The molecule has 5 rings (SSSR count). The second kappa shape index (κ2) is 8.11.